The smallest absolute Gasteiger partial charge is 0.0564 e. The zero-order chi connectivity index (χ0) is 12.1. The van der Waals surface area contributed by atoms with Crippen molar-refractivity contribution >= 4 is 11.8 Å². The Morgan fingerprint density at radius 2 is 2.25 bits per heavy atom. The Balaban J connectivity index is 2.53. The molecule has 4 nitrogen and oxygen atoms in total. The van der Waals surface area contributed by atoms with Crippen molar-refractivity contribution in [2.24, 2.45) is 7.05 Å². The van der Waals surface area contributed by atoms with Gasteiger partial charge in [-0.15, -0.1) is 0 Å². The predicted molar refractivity (Wildman–Crippen MR) is 68.6 cm³/mol. The Hall–Kier alpha value is -0.520. The fourth-order valence-electron chi connectivity index (χ4n) is 1.70. The van der Waals surface area contributed by atoms with E-state index in [9.17, 15) is 5.11 Å². The van der Waals surface area contributed by atoms with E-state index in [0.29, 0.717) is 0 Å². The SMILES string of the molecule is CSC(CO)C(C)NC(C)c1cnn(C)c1. The molecule has 0 aliphatic carbocycles. The van der Waals surface area contributed by atoms with E-state index in [1.807, 2.05) is 25.7 Å². The van der Waals surface area contributed by atoms with Crippen LogP contribution >= 0.6 is 11.8 Å². The molecule has 0 spiro atoms. The molecule has 0 radical (unpaired) electrons. The molecule has 0 aliphatic rings. The molecule has 1 rings (SSSR count). The highest BCUT2D eigenvalue weighted by molar-refractivity contribution is 7.99. The van der Waals surface area contributed by atoms with Crippen molar-refractivity contribution in [2.45, 2.75) is 31.2 Å². The second-order valence-corrected chi connectivity index (χ2v) is 5.16. The molecule has 2 N–H and O–H groups in total. The number of rotatable bonds is 6. The molecule has 1 aromatic heterocycles. The van der Waals surface area contributed by atoms with Gasteiger partial charge in [0.15, 0.2) is 0 Å². The van der Waals surface area contributed by atoms with E-state index in [4.69, 9.17) is 0 Å². The summed E-state index contributed by atoms with van der Waals surface area (Å²) in [6, 6.07) is 0.528. The highest BCUT2D eigenvalue weighted by Gasteiger charge is 2.18. The first-order chi connectivity index (χ1) is 7.58. The fourth-order valence-corrected chi connectivity index (χ4v) is 2.33. The van der Waals surface area contributed by atoms with Gasteiger partial charge in [0, 0.05) is 36.1 Å². The molecule has 0 amide bonds. The lowest BCUT2D eigenvalue weighted by molar-refractivity contribution is 0.272. The number of aliphatic hydroxyl groups excluding tert-OH is 1. The average Bonchev–Trinajstić information content (AvgIpc) is 2.66. The molecule has 0 aromatic carbocycles. The van der Waals surface area contributed by atoms with Crippen molar-refractivity contribution in [3.8, 4) is 0 Å². The Morgan fingerprint density at radius 1 is 1.56 bits per heavy atom. The van der Waals surface area contributed by atoms with Crippen LogP contribution in [0, 0.1) is 0 Å². The van der Waals surface area contributed by atoms with Crippen LogP contribution in [0.4, 0.5) is 0 Å². The van der Waals surface area contributed by atoms with E-state index in [0.717, 1.165) is 0 Å². The zero-order valence-corrected chi connectivity index (χ0v) is 11.2. The van der Waals surface area contributed by atoms with Gasteiger partial charge in [0.05, 0.1) is 12.8 Å². The number of thioether (sulfide) groups is 1. The molecule has 3 atom stereocenters. The van der Waals surface area contributed by atoms with E-state index in [1.165, 1.54) is 5.56 Å². The third-order valence-electron chi connectivity index (χ3n) is 2.78. The standard InChI is InChI=1S/C11H21N3OS/c1-8(10-5-12-14(3)6-10)13-9(2)11(7-15)16-4/h5-6,8-9,11,13,15H,7H2,1-4H3. The lowest BCUT2D eigenvalue weighted by Crippen LogP contribution is -2.38. The van der Waals surface area contributed by atoms with Crippen LogP contribution in [-0.2, 0) is 7.05 Å². The van der Waals surface area contributed by atoms with Crippen molar-refractivity contribution in [3.05, 3.63) is 18.0 Å². The molecule has 0 aliphatic heterocycles. The third-order valence-corrected chi connectivity index (χ3v) is 3.94. The Kier molecular flexibility index (Phi) is 5.31. The van der Waals surface area contributed by atoms with Crippen molar-refractivity contribution in [2.75, 3.05) is 12.9 Å². The molecular formula is C11H21N3OS. The van der Waals surface area contributed by atoms with Gasteiger partial charge < -0.3 is 10.4 Å². The van der Waals surface area contributed by atoms with Gasteiger partial charge in [-0.2, -0.15) is 16.9 Å². The first kappa shape index (κ1) is 13.5. The summed E-state index contributed by atoms with van der Waals surface area (Å²) < 4.78 is 1.80. The van der Waals surface area contributed by atoms with E-state index in [2.05, 4.69) is 24.3 Å². The summed E-state index contributed by atoms with van der Waals surface area (Å²) in [6.45, 7) is 4.42. The maximum Gasteiger partial charge on any atom is 0.0564 e. The summed E-state index contributed by atoms with van der Waals surface area (Å²) in [7, 11) is 1.91. The molecule has 0 fully saturated rings. The van der Waals surface area contributed by atoms with Gasteiger partial charge >= 0.3 is 0 Å². The topological polar surface area (TPSA) is 50.1 Å². The number of aromatic nitrogens is 2. The monoisotopic (exact) mass is 243 g/mol. The molecule has 1 heterocycles. The zero-order valence-electron chi connectivity index (χ0n) is 10.3. The molecule has 0 saturated heterocycles. The Labute approximate surface area is 101 Å². The van der Waals surface area contributed by atoms with Crippen molar-refractivity contribution in [3.63, 3.8) is 0 Å². The maximum absolute atomic E-state index is 9.21. The van der Waals surface area contributed by atoms with Crippen molar-refractivity contribution in [1.29, 1.82) is 0 Å². The van der Waals surface area contributed by atoms with Crippen LogP contribution in [-0.4, -0.2) is 39.0 Å². The van der Waals surface area contributed by atoms with Gasteiger partial charge in [0.2, 0.25) is 0 Å². The van der Waals surface area contributed by atoms with Crippen LogP contribution in [0.2, 0.25) is 0 Å². The normalized spacial score (nSPS) is 17.1. The summed E-state index contributed by atoms with van der Waals surface area (Å²) in [4.78, 5) is 0. The molecule has 1 aromatic rings. The first-order valence-corrected chi connectivity index (χ1v) is 6.75. The Bertz CT molecular complexity index is 312. The summed E-state index contributed by atoms with van der Waals surface area (Å²) in [6.07, 6.45) is 5.91. The van der Waals surface area contributed by atoms with E-state index in [1.54, 1.807) is 16.4 Å². The van der Waals surface area contributed by atoms with Gasteiger partial charge in [-0.05, 0) is 20.1 Å². The van der Waals surface area contributed by atoms with E-state index < -0.39 is 0 Å². The van der Waals surface area contributed by atoms with Crippen LogP contribution in [0.15, 0.2) is 12.4 Å². The van der Waals surface area contributed by atoms with Gasteiger partial charge in [-0.3, -0.25) is 4.68 Å². The predicted octanol–water partition coefficient (Wildman–Crippen LogP) is 1.18. The molecule has 92 valence electrons. The number of nitrogens with zero attached hydrogens (tertiary/aromatic N) is 2. The quantitative estimate of drug-likeness (QED) is 0.788. The first-order valence-electron chi connectivity index (χ1n) is 5.46. The second-order valence-electron chi connectivity index (χ2n) is 4.08. The fraction of sp³-hybridized carbons (Fsp3) is 0.727. The van der Waals surface area contributed by atoms with Crippen LogP contribution in [0.5, 0.6) is 0 Å². The average molecular weight is 243 g/mol. The molecule has 0 saturated carbocycles. The minimum atomic E-state index is 0.203. The third kappa shape index (κ3) is 3.50. The summed E-state index contributed by atoms with van der Waals surface area (Å²) in [5.41, 5.74) is 1.17. The second kappa shape index (κ2) is 6.27. The van der Waals surface area contributed by atoms with Crippen LogP contribution in [0.1, 0.15) is 25.5 Å². The molecular weight excluding hydrogens is 222 g/mol. The Morgan fingerprint density at radius 3 is 2.69 bits per heavy atom. The van der Waals surface area contributed by atoms with Gasteiger partial charge in [0.25, 0.3) is 0 Å². The number of hydrogen-bond donors (Lipinski definition) is 2. The largest absolute Gasteiger partial charge is 0.395 e. The van der Waals surface area contributed by atoms with Crippen LogP contribution in [0.25, 0.3) is 0 Å². The maximum atomic E-state index is 9.21. The van der Waals surface area contributed by atoms with Crippen molar-refractivity contribution < 1.29 is 5.11 Å². The van der Waals surface area contributed by atoms with Crippen LogP contribution < -0.4 is 5.32 Å². The number of aliphatic hydroxyl groups is 1. The minimum absolute atomic E-state index is 0.203. The lowest BCUT2D eigenvalue weighted by Gasteiger charge is -2.24. The highest BCUT2D eigenvalue weighted by atomic mass is 32.2. The summed E-state index contributed by atoms with van der Waals surface area (Å²) >= 11 is 1.69. The highest BCUT2D eigenvalue weighted by Crippen LogP contribution is 2.16. The minimum Gasteiger partial charge on any atom is -0.395 e. The molecule has 5 heteroatoms. The number of hydrogen-bond acceptors (Lipinski definition) is 4. The van der Waals surface area contributed by atoms with E-state index in [-0.39, 0.29) is 23.9 Å². The molecule has 3 unspecified atom stereocenters. The molecule has 0 bridgehead atoms. The van der Waals surface area contributed by atoms with Gasteiger partial charge in [-0.25, -0.2) is 0 Å². The number of nitrogens with one attached hydrogen (secondary N) is 1. The summed E-state index contributed by atoms with van der Waals surface area (Å²) in [5, 5.41) is 17.1. The lowest BCUT2D eigenvalue weighted by atomic mass is 10.1. The molecule has 16 heavy (non-hydrogen) atoms. The van der Waals surface area contributed by atoms with Crippen molar-refractivity contribution in [1.82, 2.24) is 15.1 Å². The van der Waals surface area contributed by atoms with Gasteiger partial charge in [-0.1, -0.05) is 0 Å². The number of aryl methyl sites for hydroxylation is 1. The van der Waals surface area contributed by atoms with E-state index >= 15 is 0 Å². The summed E-state index contributed by atoms with van der Waals surface area (Å²) in [5.74, 6) is 0. The van der Waals surface area contributed by atoms with Crippen LogP contribution in [0.3, 0.4) is 0 Å². The van der Waals surface area contributed by atoms with Gasteiger partial charge in [0.1, 0.15) is 0 Å².